The first-order valence-electron chi connectivity index (χ1n) is 7.90. The number of rotatable bonds is 5. The van der Waals surface area contributed by atoms with Crippen LogP contribution in [-0.4, -0.2) is 22.6 Å². The molecule has 3 atom stereocenters. The first-order chi connectivity index (χ1) is 9.51. The third-order valence-corrected chi connectivity index (χ3v) is 4.42. The lowest BCUT2D eigenvalue weighted by Gasteiger charge is -2.21. The molecule has 1 heterocycles. The average molecular weight is 276 g/mol. The van der Waals surface area contributed by atoms with Crippen LogP contribution >= 0.6 is 0 Å². The average Bonchev–Trinajstić information content (AvgIpc) is 2.71. The van der Waals surface area contributed by atoms with Crippen LogP contribution in [0.1, 0.15) is 59.2 Å². The zero-order valence-corrected chi connectivity index (χ0v) is 13.4. The van der Waals surface area contributed by atoms with Gasteiger partial charge in [-0.1, -0.05) is 27.7 Å². The van der Waals surface area contributed by atoms with Crippen molar-refractivity contribution in [3.8, 4) is 0 Å². The van der Waals surface area contributed by atoms with Gasteiger partial charge in [-0.05, 0) is 31.6 Å². The largest absolute Gasteiger partial charge is 0.370 e. The quantitative estimate of drug-likeness (QED) is 0.857. The van der Waals surface area contributed by atoms with Gasteiger partial charge in [0.2, 0.25) is 0 Å². The van der Waals surface area contributed by atoms with Crippen molar-refractivity contribution >= 4 is 11.6 Å². The number of anilines is 2. The maximum atomic E-state index is 4.68. The molecule has 1 aliphatic rings. The lowest BCUT2D eigenvalue weighted by atomic mass is 9.98. The van der Waals surface area contributed by atoms with E-state index in [2.05, 4.69) is 55.2 Å². The fourth-order valence-corrected chi connectivity index (χ4v) is 2.83. The molecule has 1 aromatic heterocycles. The van der Waals surface area contributed by atoms with Crippen LogP contribution in [0, 0.1) is 11.8 Å². The maximum Gasteiger partial charge on any atom is 0.135 e. The Labute approximate surface area is 122 Å². The Balaban J connectivity index is 2.17. The van der Waals surface area contributed by atoms with E-state index < -0.39 is 0 Å². The predicted molar refractivity (Wildman–Crippen MR) is 85.3 cm³/mol. The Morgan fingerprint density at radius 2 is 1.90 bits per heavy atom. The molecule has 0 amide bonds. The second kappa shape index (κ2) is 6.42. The van der Waals surface area contributed by atoms with Crippen LogP contribution < -0.4 is 10.6 Å². The summed E-state index contributed by atoms with van der Waals surface area (Å²) < 4.78 is 0. The Morgan fingerprint density at radius 3 is 2.45 bits per heavy atom. The molecule has 4 nitrogen and oxygen atoms in total. The molecule has 1 aliphatic carbocycles. The van der Waals surface area contributed by atoms with E-state index in [1.54, 1.807) is 0 Å². The minimum Gasteiger partial charge on any atom is -0.370 e. The van der Waals surface area contributed by atoms with Gasteiger partial charge in [0.25, 0.3) is 0 Å². The monoisotopic (exact) mass is 276 g/mol. The van der Waals surface area contributed by atoms with Gasteiger partial charge in [0.15, 0.2) is 0 Å². The topological polar surface area (TPSA) is 49.8 Å². The van der Waals surface area contributed by atoms with Crippen molar-refractivity contribution in [2.75, 3.05) is 17.2 Å². The highest BCUT2D eigenvalue weighted by molar-refractivity contribution is 5.48. The van der Waals surface area contributed by atoms with E-state index in [1.165, 1.54) is 12.8 Å². The summed E-state index contributed by atoms with van der Waals surface area (Å²) in [4.78, 5) is 9.24. The number of hydrogen-bond acceptors (Lipinski definition) is 4. The van der Waals surface area contributed by atoms with E-state index >= 15 is 0 Å². The van der Waals surface area contributed by atoms with Crippen LogP contribution in [-0.2, 0) is 0 Å². The fraction of sp³-hybridized carbons (Fsp3) is 0.750. The van der Waals surface area contributed by atoms with Crippen LogP contribution in [0.15, 0.2) is 6.07 Å². The molecule has 0 spiro atoms. The molecular formula is C16H28N4. The number of nitrogens with one attached hydrogen (secondary N) is 2. The van der Waals surface area contributed by atoms with Crippen LogP contribution in [0.4, 0.5) is 11.6 Å². The summed E-state index contributed by atoms with van der Waals surface area (Å²) in [7, 11) is 0. The Bertz CT molecular complexity index is 444. The van der Waals surface area contributed by atoms with Gasteiger partial charge in [-0.2, -0.15) is 0 Å². The van der Waals surface area contributed by atoms with Gasteiger partial charge in [0.05, 0.1) is 0 Å². The van der Waals surface area contributed by atoms with Crippen molar-refractivity contribution in [3.63, 3.8) is 0 Å². The summed E-state index contributed by atoms with van der Waals surface area (Å²) in [5.74, 6) is 4.64. The lowest BCUT2D eigenvalue weighted by molar-refractivity contribution is 0.435. The molecule has 3 unspecified atom stereocenters. The predicted octanol–water partition coefficient (Wildman–Crippen LogP) is 3.88. The van der Waals surface area contributed by atoms with Gasteiger partial charge in [-0.15, -0.1) is 0 Å². The Hall–Kier alpha value is -1.32. The molecule has 0 radical (unpaired) electrons. The van der Waals surface area contributed by atoms with Crippen LogP contribution in [0.5, 0.6) is 0 Å². The number of nitrogens with zero attached hydrogens (tertiary/aromatic N) is 2. The van der Waals surface area contributed by atoms with Crippen LogP contribution in [0.3, 0.4) is 0 Å². The minimum absolute atomic E-state index is 0.342. The molecule has 2 N–H and O–H groups in total. The van der Waals surface area contributed by atoms with Gasteiger partial charge in [-0.25, -0.2) is 9.97 Å². The first-order valence-corrected chi connectivity index (χ1v) is 7.90. The van der Waals surface area contributed by atoms with Crippen molar-refractivity contribution in [2.24, 2.45) is 11.8 Å². The Morgan fingerprint density at radius 1 is 1.20 bits per heavy atom. The van der Waals surface area contributed by atoms with Crippen molar-refractivity contribution in [1.29, 1.82) is 0 Å². The van der Waals surface area contributed by atoms with Gasteiger partial charge in [-0.3, -0.25) is 0 Å². The van der Waals surface area contributed by atoms with Gasteiger partial charge < -0.3 is 10.6 Å². The molecule has 112 valence electrons. The molecule has 1 fully saturated rings. The molecule has 1 saturated carbocycles. The first kappa shape index (κ1) is 15.1. The van der Waals surface area contributed by atoms with Crippen LogP contribution in [0.2, 0.25) is 0 Å². The maximum absolute atomic E-state index is 4.68. The van der Waals surface area contributed by atoms with E-state index in [4.69, 9.17) is 0 Å². The van der Waals surface area contributed by atoms with Crippen LogP contribution in [0.25, 0.3) is 0 Å². The highest BCUT2D eigenvalue weighted by atomic mass is 15.1. The molecule has 2 rings (SSSR count). The zero-order chi connectivity index (χ0) is 14.7. The van der Waals surface area contributed by atoms with E-state index in [9.17, 15) is 0 Å². The summed E-state index contributed by atoms with van der Waals surface area (Å²) in [5.41, 5.74) is 0. The zero-order valence-electron chi connectivity index (χ0n) is 13.4. The van der Waals surface area contributed by atoms with Crippen molar-refractivity contribution in [1.82, 2.24) is 9.97 Å². The van der Waals surface area contributed by atoms with E-state index in [0.29, 0.717) is 17.9 Å². The second-order valence-electron chi connectivity index (χ2n) is 6.35. The van der Waals surface area contributed by atoms with Crippen molar-refractivity contribution < 1.29 is 0 Å². The molecule has 4 heteroatoms. The molecule has 0 bridgehead atoms. The SMILES string of the molecule is CCNc1cc(NC2CCC(C)C2C)nc(C(C)C)n1. The lowest BCUT2D eigenvalue weighted by Crippen LogP contribution is -2.25. The normalized spacial score (nSPS) is 26.0. The van der Waals surface area contributed by atoms with E-state index in [0.717, 1.165) is 29.9 Å². The van der Waals surface area contributed by atoms with Gasteiger partial charge >= 0.3 is 0 Å². The van der Waals surface area contributed by atoms with Crippen molar-refractivity contribution in [2.45, 2.75) is 59.4 Å². The van der Waals surface area contributed by atoms with Gasteiger partial charge in [0, 0.05) is 24.6 Å². The highest BCUT2D eigenvalue weighted by Gasteiger charge is 2.29. The van der Waals surface area contributed by atoms with E-state index in [1.807, 2.05) is 6.07 Å². The third-order valence-electron chi connectivity index (χ3n) is 4.42. The Kier molecular flexibility index (Phi) is 4.84. The van der Waals surface area contributed by atoms with Crippen molar-refractivity contribution in [3.05, 3.63) is 11.9 Å². The van der Waals surface area contributed by atoms with Gasteiger partial charge in [0.1, 0.15) is 17.5 Å². The third kappa shape index (κ3) is 3.41. The summed E-state index contributed by atoms with van der Waals surface area (Å²) in [5, 5.41) is 6.92. The summed E-state index contributed by atoms with van der Waals surface area (Å²) >= 11 is 0. The molecule has 0 aliphatic heterocycles. The van der Waals surface area contributed by atoms with E-state index in [-0.39, 0.29) is 0 Å². The summed E-state index contributed by atoms with van der Waals surface area (Å²) in [6, 6.07) is 2.57. The molecule has 0 aromatic carbocycles. The minimum atomic E-state index is 0.342. The second-order valence-corrected chi connectivity index (χ2v) is 6.35. The highest BCUT2D eigenvalue weighted by Crippen LogP contribution is 2.33. The summed E-state index contributed by atoms with van der Waals surface area (Å²) in [6.45, 7) is 11.9. The standard InChI is InChI=1S/C16H28N4/c1-6-17-14-9-15(20-16(19-14)10(2)3)18-13-8-7-11(4)12(13)5/h9-13H,6-8H2,1-5H3,(H2,17,18,19,20). The fourth-order valence-electron chi connectivity index (χ4n) is 2.83. The molecule has 0 saturated heterocycles. The summed E-state index contributed by atoms with van der Waals surface area (Å²) in [6.07, 6.45) is 2.54. The molecule has 20 heavy (non-hydrogen) atoms. The molecule has 1 aromatic rings. The number of hydrogen-bond donors (Lipinski definition) is 2. The molecular weight excluding hydrogens is 248 g/mol. The smallest absolute Gasteiger partial charge is 0.135 e. The number of aromatic nitrogens is 2.